The molecule has 0 rings (SSSR count). The highest BCUT2D eigenvalue weighted by Gasteiger charge is 2.10. The molecule has 0 heterocycles. The highest BCUT2D eigenvalue weighted by molar-refractivity contribution is 9.09. The summed E-state index contributed by atoms with van der Waals surface area (Å²) in [5.74, 6) is -0.136. The number of ether oxygens (including phenoxy) is 1. The van der Waals surface area contributed by atoms with E-state index < -0.39 is 0 Å². The van der Waals surface area contributed by atoms with Crippen LogP contribution in [0, 0.1) is 0 Å². The lowest BCUT2D eigenvalue weighted by molar-refractivity contribution is -0.146. The summed E-state index contributed by atoms with van der Waals surface area (Å²) in [6, 6.07) is 0. The summed E-state index contributed by atoms with van der Waals surface area (Å²) >= 11 is 3.13. The minimum atomic E-state index is -0.136. The van der Waals surface area contributed by atoms with Crippen molar-refractivity contribution in [1.29, 1.82) is 0 Å². The third-order valence-electron chi connectivity index (χ3n) is 3.49. The molecule has 0 fully saturated rings. The molecule has 0 aliphatic carbocycles. The van der Waals surface area contributed by atoms with Crippen LogP contribution in [-0.4, -0.2) is 17.4 Å². The molecule has 19 heavy (non-hydrogen) atoms. The lowest BCUT2D eigenvalue weighted by Crippen LogP contribution is -2.18. The van der Waals surface area contributed by atoms with Crippen molar-refractivity contribution in [1.82, 2.24) is 0 Å². The maximum absolute atomic E-state index is 11.2. The van der Waals surface area contributed by atoms with Crippen LogP contribution in [0.4, 0.5) is 0 Å². The molecule has 0 aromatic rings. The van der Waals surface area contributed by atoms with Gasteiger partial charge in [0.2, 0.25) is 0 Å². The minimum Gasteiger partial charge on any atom is -0.462 e. The van der Waals surface area contributed by atoms with Crippen molar-refractivity contribution >= 4 is 21.9 Å². The molecule has 0 N–H and O–H groups in total. The fourth-order valence-corrected chi connectivity index (χ4v) is 2.38. The number of carbonyl (C=O) groups excluding carboxylic acids is 1. The molecule has 0 saturated carbocycles. The van der Waals surface area contributed by atoms with Crippen LogP contribution in [-0.2, 0) is 9.53 Å². The van der Waals surface area contributed by atoms with Crippen LogP contribution in [0.5, 0.6) is 0 Å². The molecule has 0 amide bonds. The van der Waals surface area contributed by atoms with Crippen molar-refractivity contribution in [2.24, 2.45) is 0 Å². The van der Waals surface area contributed by atoms with Gasteiger partial charge in [0.25, 0.3) is 0 Å². The van der Waals surface area contributed by atoms with E-state index in [1.54, 1.807) is 0 Å². The first-order valence-corrected chi connectivity index (χ1v) is 9.12. The number of esters is 1. The molecule has 0 radical (unpaired) electrons. The molecule has 0 aromatic carbocycles. The van der Waals surface area contributed by atoms with Gasteiger partial charge in [0.1, 0.15) is 11.4 Å². The van der Waals surface area contributed by atoms with Gasteiger partial charge < -0.3 is 4.74 Å². The lowest BCUT2D eigenvalue weighted by Gasteiger charge is -2.15. The average Bonchev–Trinajstić information content (AvgIpc) is 2.43. The van der Waals surface area contributed by atoms with Gasteiger partial charge in [-0.25, -0.2) is 0 Å². The number of rotatable bonds is 13. The lowest BCUT2D eigenvalue weighted by atomic mass is 10.0. The van der Waals surface area contributed by atoms with E-state index in [0.717, 1.165) is 12.8 Å². The van der Waals surface area contributed by atoms with Gasteiger partial charge >= 0.3 is 5.97 Å². The molecule has 1 unspecified atom stereocenters. The highest BCUT2D eigenvalue weighted by atomic mass is 79.9. The van der Waals surface area contributed by atoms with Gasteiger partial charge in [-0.05, 0) is 19.3 Å². The van der Waals surface area contributed by atoms with Gasteiger partial charge in [-0.15, -0.1) is 0 Å². The number of unbranched alkanes of at least 4 members (excludes halogenated alkanes) is 8. The predicted octanol–water partition coefficient (Wildman–Crippen LogP) is 5.62. The third-order valence-corrected chi connectivity index (χ3v) is 3.95. The molecule has 2 nitrogen and oxygen atoms in total. The van der Waals surface area contributed by atoms with Crippen molar-refractivity contribution < 1.29 is 9.53 Å². The van der Waals surface area contributed by atoms with Crippen LogP contribution in [0.3, 0.4) is 0 Å². The number of alkyl halides is 1. The fraction of sp³-hybridized carbons (Fsp3) is 0.938. The van der Waals surface area contributed by atoms with Crippen LogP contribution in [0.2, 0.25) is 0 Å². The van der Waals surface area contributed by atoms with E-state index in [1.807, 2.05) is 0 Å². The largest absolute Gasteiger partial charge is 0.462 e. The van der Waals surface area contributed by atoms with Crippen molar-refractivity contribution in [3.63, 3.8) is 0 Å². The van der Waals surface area contributed by atoms with Crippen LogP contribution in [0.1, 0.15) is 84.5 Å². The monoisotopic (exact) mass is 334 g/mol. The Kier molecular flexibility index (Phi) is 14.3. The van der Waals surface area contributed by atoms with Gasteiger partial charge in [0, 0.05) is 0 Å². The van der Waals surface area contributed by atoms with Gasteiger partial charge in [0.15, 0.2) is 0 Å². The molecule has 0 bridgehead atoms. The number of hydrogen-bond donors (Lipinski definition) is 0. The molecule has 1 atom stereocenters. The van der Waals surface area contributed by atoms with E-state index in [2.05, 4.69) is 29.8 Å². The summed E-state index contributed by atoms with van der Waals surface area (Å²) in [5.41, 5.74) is 0. The first-order chi connectivity index (χ1) is 9.24. The van der Waals surface area contributed by atoms with E-state index in [4.69, 9.17) is 4.74 Å². The van der Waals surface area contributed by atoms with Crippen molar-refractivity contribution in [3.05, 3.63) is 0 Å². The van der Waals surface area contributed by atoms with Gasteiger partial charge in [-0.3, -0.25) is 4.79 Å². The van der Waals surface area contributed by atoms with Gasteiger partial charge in [-0.1, -0.05) is 81.1 Å². The first-order valence-electron chi connectivity index (χ1n) is 8.00. The summed E-state index contributed by atoms with van der Waals surface area (Å²) < 4.78 is 5.34. The number of hydrogen-bond acceptors (Lipinski definition) is 2. The first kappa shape index (κ1) is 18.9. The van der Waals surface area contributed by atoms with Crippen molar-refractivity contribution in [3.8, 4) is 0 Å². The normalized spacial score (nSPS) is 12.4. The second kappa shape index (κ2) is 14.4. The summed E-state index contributed by atoms with van der Waals surface area (Å²) in [7, 11) is 0. The maximum atomic E-state index is 11.2. The smallest absolute Gasteiger partial charge is 0.316 e. The Bertz CT molecular complexity index is 207. The van der Waals surface area contributed by atoms with Crippen molar-refractivity contribution in [2.45, 2.75) is 90.6 Å². The highest BCUT2D eigenvalue weighted by Crippen LogP contribution is 2.14. The van der Waals surface area contributed by atoms with Crippen molar-refractivity contribution in [2.75, 3.05) is 5.33 Å². The molecular weight excluding hydrogens is 304 g/mol. The van der Waals surface area contributed by atoms with E-state index in [0.29, 0.717) is 5.33 Å². The Labute approximate surface area is 127 Å². The second-order valence-corrected chi connectivity index (χ2v) is 5.83. The van der Waals surface area contributed by atoms with E-state index in [-0.39, 0.29) is 12.1 Å². The molecule has 3 heteroatoms. The molecule has 0 aliphatic heterocycles. The Morgan fingerprint density at radius 1 is 0.947 bits per heavy atom. The van der Waals surface area contributed by atoms with Crippen LogP contribution < -0.4 is 0 Å². The average molecular weight is 335 g/mol. The Hall–Kier alpha value is -0.0500. The maximum Gasteiger partial charge on any atom is 0.316 e. The molecule has 114 valence electrons. The fourth-order valence-electron chi connectivity index (χ4n) is 2.25. The summed E-state index contributed by atoms with van der Waals surface area (Å²) in [5, 5.41) is 0.307. The van der Waals surface area contributed by atoms with Gasteiger partial charge in [-0.2, -0.15) is 0 Å². The van der Waals surface area contributed by atoms with Crippen LogP contribution in [0.25, 0.3) is 0 Å². The number of carbonyl (C=O) groups is 1. The topological polar surface area (TPSA) is 26.3 Å². The number of halogens is 1. The van der Waals surface area contributed by atoms with E-state index in [9.17, 15) is 4.79 Å². The molecule has 0 spiro atoms. The predicted molar refractivity (Wildman–Crippen MR) is 85.8 cm³/mol. The van der Waals surface area contributed by atoms with E-state index >= 15 is 0 Å². The summed E-state index contributed by atoms with van der Waals surface area (Å²) in [6.45, 7) is 4.34. The molecule has 0 aromatic heterocycles. The Morgan fingerprint density at radius 3 is 1.95 bits per heavy atom. The van der Waals surface area contributed by atoms with Gasteiger partial charge in [0.05, 0.1) is 0 Å². The minimum absolute atomic E-state index is 0.120. The van der Waals surface area contributed by atoms with Crippen LogP contribution >= 0.6 is 15.9 Å². The molecular formula is C16H31BrO2. The second-order valence-electron chi connectivity index (χ2n) is 5.27. The molecule has 0 saturated heterocycles. The summed E-state index contributed by atoms with van der Waals surface area (Å²) in [6.07, 6.45) is 14.1. The van der Waals surface area contributed by atoms with E-state index in [1.165, 1.54) is 57.8 Å². The van der Waals surface area contributed by atoms with Crippen LogP contribution in [0.15, 0.2) is 0 Å². The molecule has 0 aliphatic rings. The Morgan fingerprint density at radius 2 is 1.47 bits per heavy atom. The third kappa shape index (κ3) is 12.7. The zero-order chi connectivity index (χ0) is 14.3. The Balaban J connectivity index is 3.33. The standard InChI is InChI=1S/C16H31BrO2/c1-3-5-6-7-8-9-10-11-12-13-15(4-2)19-16(18)14-17/h15H,3-14H2,1-2H3. The zero-order valence-corrected chi connectivity index (χ0v) is 14.3. The SMILES string of the molecule is CCCCCCCCCCCC(CC)OC(=O)CBr. The quantitative estimate of drug-likeness (QED) is 0.248. The zero-order valence-electron chi connectivity index (χ0n) is 12.8. The summed E-state index contributed by atoms with van der Waals surface area (Å²) in [4.78, 5) is 11.2.